The number of hydrogen-bond donors (Lipinski definition) is 1. The molecule has 2 amide bonds. The molecular weight excluding hydrogens is 387 g/mol. The lowest BCUT2D eigenvalue weighted by Gasteiger charge is -2.16. The highest BCUT2D eigenvalue weighted by atomic mass is 32.1. The summed E-state index contributed by atoms with van der Waals surface area (Å²) >= 11 is 1.13. The maximum atomic E-state index is 13.1. The van der Waals surface area contributed by atoms with E-state index in [1.807, 2.05) is 0 Å². The Bertz CT molecular complexity index is 1100. The normalized spacial score (nSPS) is 16.5. The Morgan fingerprint density at radius 3 is 2.75 bits per heavy atom. The summed E-state index contributed by atoms with van der Waals surface area (Å²) in [5.74, 6) is -1.54. The van der Waals surface area contributed by atoms with Crippen molar-refractivity contribution < 1.29 is 18.9 Å². The zero-order chi connectivity index (χ0) is 19.8. The lowest BCUT2D eigenvalue weighted by Crippen LogP contribution is -2.28. The predicted molar refractivity (Wildman–Crippen MR) is 102 cm³/mol. The van der Waals surface area contributed by atoms with Gasteiger partial charge in [-0.3, -0.25) is 19.7 Å². The molecule has 0 spiro atoms. The fraction of sp³-hybridized carbons (Fsp3) is 0.167. The average Bonchev–Trinajstić information content (AvgIpc) is 3.24. The molecule has 2 aromatic carbocycles. The number of aromatic nitrogens is 1. The van der Waals surface area contributed by atoms with Crippen LogP contribution in [0.15, 0.2) is 42.5 Å². The number of carbonyl (C=O) groups is 2. The zero-order valence-corrected chi connectivity index (χ0v) is 15.1. The standard InChI is InChI=1S/C18H13FN4O4S/c19-11-1-3-12(4-2-11)22-9-10(7-16(22)24)17(25)21-18-20-14-6-5-13(23(26)27)8-15(14)28-18/h1-6,8,10H,7,9H2,(H,20,21,25). The van der Waals surface area contributed by atoms with Gasteiger partial charge >= 0.3 is 0 Å². The number of fused-ring (bicyclic) bond motifs is 1. The summed E-state index contributed by atoms with van der Waals surface area (Å²) in [4.78, 5) is 40.9. The van der Waals surface area contributed by atoms with Crippen molar-refractivity contribution in [3.63, 3.8) is 0 Å². The molecule has 1 unspecified atom stereocenters. The molecule has 1 fully saturated rings. The predicted octanol–water partition coefficient (Wildman–Crippen LogP) is 3.34. The summed E-state index contributed by atoms with van der Waals surface area (Å²) in [5, 5.41) is 13.9. The highest BCUT2D eigenvalue weighted by molar-refractivity contribution is 7.22. The van der Waals surface area contributed by atoms with E-state index in [0.29, 0.717) is 21.0 Å². The summed E-state index contributed by atoms with van der Waals surface area (Å²) in [7, 11) is 0. The summed E-state index contributed by atoms with van der Waals surface area (Å²) in [6.07, 6.45) is 0.0412. The van der Waals surface area contributed by atoms with Gasteiger partial charge in [0.25, 0.3) is 5.69 Å². The highest BCUT2D eigenvalue weighted by Gasteiger charge is 2.35. The molecule has 1 aromatic heterocycles. The van der Waals surface area contributed by atoms with Gasteiger partial charge in [0, 0.05) is 30.8 Å². The molecule has 1 aliphatic heterocycles. The van der Waals surface area contributed by atoms with E-state index in [9.17, 15) is 24.1 Å². The van der Waals surface area contributed by atoms with Gasteiger partial charge in [0.05, 0.1) is 21.1 Å². The highest BCUT2D eigenvalue weighted by Crippen LogP contribution is 2.31. The van der Waals surface area contributed by atoms with Crippen molar-refractivity contribution in [3.8, 4) is 0 Å². The molecule has 0 aliphatic carbocycles. The van der Waals surface area contributed by atoms with Crippen molar-refractivity contribution in [2.24, 2.45) is 5.92 Å². The van der Waals surface area contributed by atoms with E-state index in [-0.39, 0.29) is 30.5 Å². The molecule has 142 valence electrons. The summed E-state index contributed by atoms with van der Waals surface area (Å²) in [6.45, 7) is 0.187. The molecule has 1 aliphatic rings. The van der Waals surface area contributed by atoms with Crippen LogP contribution in [0.25, 0.3) is 10.2 Å². The van der Waals surface area contributed by atoms with E-state index in [4.69, 9.17) is 0 Å². The Morgan fingerprint density at radius 2 is 2.04 bits per heavy atom. The number of anilines is 2. The molecule has 8 nitrogen and oxygen atoms in total. The van der Waals surface area contributed by atoms with Crippen LogP contribution in [-0.4, -0.2) is 28.3 Å². The molecule has 0 radical (unpaired) electrons. The molecule has 4 rings (SSSR count). The Kier molecular flexibility index (Phi) is 4.47. The Hall–Kier alpha value is -3.40. The molecule has 1 atom stereocenters. The van der Waals surface area contributed by atoms with E-state index in [0.717, 1.165) is 11.3 Å². The van der Waals surface area contributed by atoms with E-state index >= 15 is 0 Å². The van der Waals surface area contributed by atoms with Crippen molar-refractivity contribution >= 4 is 49.9 Å². The second kappa shape index (κ2) is 6.97. The topological polar surface area (TPSA) is 105 Å². The fourth-order valence-electron chi connectivity index (χ4n) is 3.04. The number of amides is 2. The molecule has 3 aromatic rings. The van der Waals surface area contributed by atoms with Crippen molar-refractivity contribution in [1.29, 1.82) is 0 Å². The van der Waals surface area contributed by atoms with Crippen molar-refractivity contribution in [3.05, 3.63) is 58.4 Å². The lowest BCUT2D eigenvalue weighted by atomic mass is 10.1. The average molecular weight is 400 g/mol. The smallest absolute Gasteiger partial charge is 0.270 e. The van der Waals surface area contributed by atoms with E-state index in [1.54, 1.807) is 0 Å². The first-order valence-corrected chi connectivity index (χ1v) is 9.14. The fourth-order valence-corrected chi connectivity index (χ4v) is 3.94. The number of nitrogens with zero attached hydrogens (tertiary/aromatic N) is 3. The molecule has 1 saturated heterocycles. The van der Waals surface area contributed by atoms with E-state index in [1.165, 1.54) is 47.4 Å². The van der Waals surface area contributed by atoms with E-state index < -0.39 is 16.7 Å². The number of thiazole rings is 1. The van der Waals surface area contributed by atoms with E-state index in [2.05, 4.69) is 10.3 Å². The van der Waals surface area contributed by atoms with Crippen LogP contribution in [0.3, 0.4) is 0 Å². The van der Waals surface area contributed by atoms with Crippen LogP contribution < -0.4 is 10.2 Å². The first-order valence-electron chi connectivity index (χ1n) is 8.32. The number of halogens is 1. The maximum absolute atomic E-state index is 13.1. The van der Waals surface area contributed by atoms with Gasteiger partial charge in [0.15, 0.2) is 5.13 Å². The van der Waals surface area contributed by atoms with Crippen LogP contribution in [0.5, 0.6) is 0 Å². The number of nitro benzene ring substituents is 1. The van der Waals surface area contributed by atoms with Crippen LogP contribution in [0, 0.1) is 21.8 Å². The van der Waals surface area contributed by atoms with Crippen LogP contribution in [-0.2, 0) is 9.59 Å². The largest absolute Gasteiger partial charge is 0.312 e. The summed E-state index contributed by atoms with van der Waals surface area (Å²) in [6, 6.07) is 9.78. The van der Waals surface area contributed by atoms with Crippen LogP contribution in [0.2, 0.25) is 0 Å². The van der Waals surface area contributed by atoms with Gasteiger partial charge in [-0.1, -0.05) is 11.3 Å². The number of carbonyl (C=O) groups excluding carboxylic acids is 2. The molecule has 10 heteroatoms. The van der Waals surface area contributed by atoms with Crippen molar-refractivity contribution in [1.82, 2.24) is 4.98 Å². The summed E-state index contributed by atoms with van der Waals surface area (Å²) < 4.78 is 13.6. The second-order valence-electron chi connectivity index (χ2n) is 6.30. The van der Waals surface area contributed by atoms with Gasteiger partial charge in [-0.05, 0) is 30.3 Å². The minimum absolute atomic E-state index is 0.0412. The first kappa shape index (κ1) is 18.0. The lowest BCUT2D eigenvalue weighted by molar-refractivity contribution is -0.384. The third kappa shape index (κ3) is 3.41. The molecule has 28 heavy (non-hydrogen) atoms. The number of hydrogen-bond acceptors (Lipinski definition) is 6. The van der Waals surface area contributed by atoms with Crippen LogP contribution >= 0.6 is 11.3 Å². The van der Waals surface area contributed by atoms with Crippen LogP contribution in [0.1, 0.15) is 6.42 Å². The van der Waals surface area contributed by atoms with Gasteiger partial charge in [0.1, 0.15) is 5.82 Å². The quantitative estimate of drug-likeness (QED) is 0.534. The third-order valence-electron chi connectivity index (χ3n) is 4.45. The zero-order valence-electron chi connectivity index (χ0n) is 14.3. The van der Waals surface area contributed by atoms with Gasteiger partial charge in [-0.15, -0.1) is 0 Å². The van der Waals surface area contributed by atoms with Gasteiger partial charge in [-0.2, -0.15) is 0 Å². The first-order chi connectivity index (χ1) is 13.4. The number of rotatable bonds is 4. The Morgan fingerprint density at radius 1 is 1.29 bits per heavy atom. The molecular formula is C18H13FN4O4S. The SMILES string of the molecule is O=C(Nc1nc2ccc([N+](=O)[O-])cc2s1)C1CC(=O)N(c2ccc(F)cc2)C1. The van der Waals surface area contributed by atoms with Crippen molar-refractivity contribution in [2.45, 2.75) is 6.42 Å². The number of nitrogens with one attached hydrogen (secondary N) is 1. The summed E-state index contributed by atoms with van der Waals surface area (Å²) in [5.41, 5.74) is 1.03. The Labute approximate surface area is 161 Å². The van der Waals surface area contributed by atoms with Crippen molar-refractivity contribution in [2.75, 3.05) is 16.8 Å². The minimum Gasteiger partial charge on any atom is -0.312 e. The number of non-ortho nitro benzene ring substituents is 1. The monoisotopic (exact) mass is 400 g/mol. The number of benzene rings is 2. The maximum Gasteiger partial charge on any atom is 0.270 e. The van der Waals surface area contributed by atoms with Gasteiger partial charge < -0.3 is 10.2 Å². The molecule has 0 bridgehead atoms. The molecule has 0 saturated carbocycles. The second-order valence-corrected chi connectivity index (χ2v) is 7.33. The minimum atomic E-state index is -0.570. The molecule has 1 N–H and O–H groups in total. The molecule has 2 heterocycles. The van der Waals surface area contributed by atoms with Gasteiger partial charge in [0.2, 0.25) is 11.8 Å². The third-order valence-corrected chi connectivity index (χ3v) is 5.38. The van der Waals surface area contributed by atoms with Crippen LogP contribution in [0.4, 0.5) is 20.9 Å². The van der Waals surface area contributed by atoms with Gasteiger partial charge in [-0.25, -0.2) is 9.37 Å². The number of nitro groups is 1. The Balaban J connectivity index is 1.48.